The number of rotatable bonds is 3. The molecule has 1 aliphatic heterocycles. The smallest absolute Gasteiger partial charge is 0.209 e. The molecular formula is C19H18N2O2. The lowest BCUT2D eigenvalue weighted by Crippen LogP contribution is -2.28. The van der Waals surface area contributed by atoms with Crippen molar-refractivity contribution >= 4 is 16.7 Å². The number of nitrogens with zero attached hydrogens (tertiary/aromatic N) is 2. The fraction of sp³-hybridized carbons (Fsp3) is 0.211. The zero-order valence-corrected chi connectivity index (χ0v) is 12.8. The molecule has 0 bridgehead atoms. The first kappa shape index (κ1) is 14.0. The predicted molar refractivity (Wildman–Crippen MR) is 90.0 cm³/mol. The number of aromatic hydroxyl groups is 1. The highest BCUT2D eigenvalue weighted by atomic mass is 16.3. The molecule has 0 fully saturated rings. The zero-order chi connectivity index (χ0) is 15.6. The van der Waals surface area contributed by atoms with Gasteiger partial charge in [-0.05, 0) is 41.8 Å². The molecule has 0 unspecified atom stereocenters. The Kier molecular flexibility index (Phi) is 3.60. The van der Waals surface area contributed by atoms with Crippen molar-refractivity contribution in [2.45, 2.75) is 13.0 Å². The standard InChI is InChI=1S/C19H18N2O2/c22-16-7-5-14(6-8-16)15-9-11-21(12-10-15)13-19-20-17-3-1-2-4-18(17)23-19/h1-9,22H,10-13H2. The van der Waals surface area contributed by atoms with E-state index in [0.717, 1.165) is 43.0 Å². The first-order chi connectivity index (χ1) is 11.3. The van der Waals surface area contributed by atoms with Crippen LogP contribution in [0.2, 0.25) is 0 Å². The Balaban J connectivity index is 1.45. The highest BCUT2D eigenvalue weighted by Crippen LogP contribution is 2.25. The van der Waals surface area contributed by atoms with E-state index in [-0.39, 0.29) is 0 Å². The number of hydrogen-bond donors (Lipinski definition) is 1. The lowest BCUT2D eigenvalue weighted by molar-refractivity contribution is 0.265. The number of fused-ring (bicyclic) bond motifs is 1. The molecule has 3 aromatic rings. The van der Waals surface area contributed by atoms with Gasteiger partial charge < -0.3 is 9.52 Å². The fourth-order valence-corrected chi connectivity index (χ4v) is 2.97. The van der Waals surface area contributed by atoms with Crippen LogP contribution in [-0.4, -0.2) is 28.1 Å². The van der Waals surface area contributed by atoms with E-state index in [1.54, 1.807) is 12.1 Å². The Hall–Kier alpha value is -2.59. The van der Waals surface area contributed by atoms with Crippen molar-refractivity contribution in [3.63, 3.8) is 0 Å². The average molecular weight is 306 g/mol. The molecule has 2 heterocycles. The molecule has 2 aromatic carbocycles. The van der Waals surface area contributed by atoms with Crippen molar-refractivity contribution < 1.29 is 9.52 Å². The monoisotopic (exact) mass is 306 g/mol. The Morgan fingerprint density at radius 1 is 1.09 bits per heavy atom. The van der Waals surface area contributed by atoms with Gasteiger partial charge in [-0.2, -0.15) is 0 Å². The quantitative estimate of drug-likeness (QED) is 0.799. The van der Waals surface area contributed by atoms with Gasteiger partial charge in [0.2, 0.25) is 5.89 Å². The van der Waals surface area contributed by atoms with Gasteiger partial charge in [0.1, 0.15) is 11.3 Å². The molecule has 0 aliphatic carbocycles. The van der Waals surface area contributed by atoms with E-state index in [1.165, 1.54) is 11.1 Å². The number of aromatic nitrogens is 1. The second kappa shape index (κ2) is 5.89. The molecule has 0 spiro atoms. The highest BCUT2D eigenvalue weighted by Gasteiger charge is 2.15. The minimum absolute atomic E-state index is 0.308. The molecule has 0 radical (unpaired) electrons. The van der Waals surface area contributed by atoms with Gasteiger partial charge in [-0.1, -0.05) is 30.3 Å². The van der Waals surface area contributed by atoms with Crippen LogP contribution >= 0.6 is 0 Å². The molecule has 0 saturated carbocycles. The molecular weight excluding hydrogens is 288 g/mol. The summed E-state index contributed by atoms with van der Waals surface area (Å²) in [5, 5.41) is 9.38. The largest absolute Gasteiger partial charge is 0.508 e. The molecule has 4 heteroatoms. The van der Waals surface area contributed by atoms with E-state index in [0.29, 0.717) is 5.75 Å². The number of benzene rings is 2. The summed E-state index contributed by atoms with van der Waals surface area (Å²) in [6.07, 6.45) is 3.24. The molecule has 1 aromatic heterocycles. The number of phenolic OH excluding ortho intramolecular Hbond substituents is 1. The summed E-state index contributed by atoms with van der Waals surface area (Å²) in [6, 6.07) is 15.3. The number of hydrogen-bond acceptors (Lipinski definition) is 4. The van der Waals surface area contributed by atoms with Gasteiger partial charge in [0.25, 0.3) is 0 Å². The minimum atomic E-state index is 0.308. The molecule has 0 saturated heterocycles. The first-order valence-electron chi connectivity index (χ1n) is 7.83. The summed E-state index contributed by atoms with van der Waals surface area (Å²) in [5.41, 5.74) is 4.28. The number of oxazole rings is 1. The van der Waals surface area contributed by atoms with Crippen LogP contribution in [0.1, 0.15) is 17.9 Å². The molecule has 23 heavy (non-hydrogen) atoms. The first-order valence-corrected chi connectivity index (χ1v) is 7.83. The summed E-state index contributed by atoms with van der Waals surface area (Å²) >= 11 is 0. The van der Waals surface area contributed by atoms with Crippen molar-refractivity contribution in [2.24, 2.45) is 0 Å². The molecule has 1 aliphatic rings. The van der Waals surface area contributed by atoms with Crippen LogP contribution < -0.4 is 0 Å². The third kappa shape index (κ3) is 2.98. The van der Waals surface area contributed by atoms with Crippen LogP contribution in [0.25, 0.3) is 16.7 Å². The highest BCUT2D eigenvalue weighted by molar-refractivity contribution is 5.72. The van der Waals surface area contributed by atoms with E-state index < -0.39 is 0 Å². The second-order valence-electron chi connectivity index (χ2n) is 5.84. The summed E-state index contributed by atoms with van der Waals surface area (Å²) in [7, 11) is 0. The van der Waals surface area contributed by atoms with Gasteiger partial charge in [0.15, 0.2) is 5.58 Å². The average Bonchev–Trinajstić information content (AvgIpc) is 2.98. The Bertz CT molecular complexity index is 816. The summed E-state index contributed by atoms with van der Waals surface area (Å²) in [6.45, 7) is 2.59. The second-order valence-corrected chi connectivity index (χ2v) is 5.84. The van der Waals surface area contributed by atoms with E-state index >= 15 is 0 Å². The van der Waals surface area contributed by atoms with Crippen LogP contribution in [0.3, 0.4) is 0 Å². The molecule has 4 rings (SSSR count). The maximum absolute atomic E-state index is 9.38. The van der Waals surface area contributed by atoms with Gasteiger partial charge in [0.05, 0.1) is 6.54 Å². The van der Waals surface area contributed by atoms with Gasteiger partial charge in [-0.3, -0.25) is 4.90 Å². The third-order valence-electron chi connectivity index (χ3n) is 4.23. The predicted octanol–water partition coefficient (Wildman–Crippen LogP) is 3.82. The van der Waals surface area contributed by atoms with Crippen LogP contribution in [0.15, 0.2) is 59.0 Å². The van der Waals surface area contributed by atoms with Crippen LogP contribution in [0.4, 0.5) is 0 Å². The Labute approximate surface area is 134 Å². The van der Waals surface area contributed by atoms with Gasteiger partial charge in [0, 0.05) is 13.1 Å². The Morgan fingerprint density at radius 3 is 2.65 bits per heavy atom. The third-order valence-corrected chi connectivity index (χ3v) is 4.23. The minimum Gasteiger partial charge on any atom is -0.508 e. The van der Waals surface area contributed by atoms with E-state index in [9.17, 15) is 5.11 Å². The van der Waals surface area contributed by atoms with E-state index in [2.05, 4.69) is 16.0 Å². The van der Waals surface area contributed by atoms with Crippen LogP contribution in [0, 0.1) is 0 Å². The van der Waals surface area contributed by atoms with Crippen molar-refractivity contribution in [1.82, 2.24) is 9.88 Å². The van der Waals surface area contributed by atoms with E-state index in [1.807, 2.05) is 36.4 Å². The molecule has 1 N–H and O–H groups in total. The normalized spacial score (nSPS) is 15.7. The molecule has 0 amide bonds. The Morgan fingerprint density at radius 2 is 1.91 bits per heavy atom. The summed E-state index contributed by atoms with van der Waals surface area (Å²) < 4.78 is 5.79. The number of phenols is 1. The fourth-order valence-electron chi connectivity index (χ4n) is 2.97. The van der Waals surface area contributed by atoms with Gasteiger partial charge >= 0.3 is 0 Å². The van der Waals surface area contributed by atoms with Crippen molar-refractivity contribution in [3.8, 4) is 5.75 Å². The van der Waals surface area contributed by atoms with Crippen LogP contribution in [-0.2, 0) is 6.54 Å². The van der Waals surface area contributed by atoms with Crippen molar-refractivity contribution in [2.75, 3.05) is 13.1 Å². The molecule has 116 valence electrons. The molecule has 0 atom stereocenters. The van der Waals surface area contributed by atoms with Crippen molar-refractivity contribution in [3.05, 3.63) is 66.1 Å². The topological polar surface area (TPSA) is 49.5 Å². The van der Waals surface area contributed by atoms with Gasteiger partial charge in [-0.25, -0.2) is 4.98 Å². The van der Waals surface area contributed by atoms with Crippen LogP contribution in [0.5, 0.6) is 5.75 Å². The lowest BCUT2D eigenvalue weighted by atomic mass is 9.99. The SMILES string of the molecule is Oc1ccc(C2=CCN(Cc3nc4ccccc4o3)CC2)cc1. The molecule has 4 nitrogen and oxygen atoms in total. The maximum atomic E-state index is 9.38. The summed E-state index contributed by atoms with van der Waals surface area (Å²) in [4.78, 5) is 6.86. The van der Waals surface area contributed by atoms with E-state index in [4.69, 9.17) is 4.42 Å². The summed E-state index contributed by atoms with van der Waals surface area (Å²) in [5.74, 6) is 1.08. The number of para-hydroxylation sites is 2. The lowest BCUT2D eigenvalue weighted by Gasteiger charge is -2.25. The maximum Gasteiger partial charge on any atom is 0.209 e. The van der Waals surface area contributed by atoms with Gasteiger partial charge in [-0.15, -0.1) is 0 Å². The zero-order valence-electron chi connectivity index (χ0n) is 12.8. The van der Waals surface area contributed by atoms with Crippen molar-refractivity contribution in [1.29, 1.82) is 0 Å².